The number of carbonyl (C=O) groups is 1. The van der Waals surface area contributed by atoms with Gasteiger partial charge in [-0.1, -0.05) is 12.1 Å². The zero-order valence-electron chi connectivity index (χ0n) is 14.5. The highest BCUT2D eigenvalue weighted by Gasteiger charge is 2.12. The van der Waals surface area contributed by atoms with E-state index in [1.165, 1.54) is 0 Å². The van der Waals surface area contributed by atoms with E-state index in [9.17, 15) is 4.79 Å². The Bertz CT molecular complexity index is 899. The molecule has 0 saturated heterocycles. The van der Waals surface area contributed by atoms with E-state index in [0.29, 0.717) is 5.69 Å². The van der Waals surface area contributed by atoms with Crippen molar-refractivity contribution in [2.45, 2.75) is 6.92 Å². The Balaban J connectivity index is 1.84. The van der Waals surface area contributed by atoms with Gasteiger partial charge < -0.3 is 19.9 Å². The van der Waals surface area contributed by atoms with Gasteiger partial charge in [0.15, 0.2) is 0 Å². The topological polar surface area (TPSA) is 55.3 Å². The van der Waals surface area contributed by atoms with Gasteiger partial charge >= 0.3 is 0 Å². The van der Waals surface area contributed by atoms with Crippen molar-refractivity contribution < 1.29 is 9.53 Å². The summed E-state index contributed by atoms with van der Waals surface area (Å²) < 4.78 is 7.03. The minimum Gasteiger partial charge on any atom is -0.497 e. The molecule has 0 spiro atoms. The normalized spacial score (nSPS) is 10.4. The average Bonchev–Trinajstić information content (AvgIpc) is 3.04. The molecule has 2 aromatic carbocycles. The molecule has 0 aliphatic carbocycles. The van der Waals surface area contributed by atoms with Gasteiger partial charge in [-0.05, 0) is 55.0 Å². The zero-order valence-corrected chi connectivity index (χ0v) is 14.5. The second-order valence-electron chi connectivity index (χ2n) is 5.81. The number of hydrogen-bond donors (Lipinski definition) is 2. The molecule has 2 N–H and O–H groups in total. The van der Waals surface area contributed by atoms with Crippen LogP contribution in [0.3, 0.4) is 0 Å². The molecule has 5 nitrogen and oxygen atoms in total. The molecule has 0 aliphatic heterocycles. The number of amides is 1. The number of rotatable bonds is 5. The van der Waals surface area contributed by atoms with Gasteiger partial charge in [0.2, 0.25) is 0 Å². The van der Waals surface area contributed by atoms with Crippen molar-refractivity contribution in [2.75, 3.05) is 17.7 Å². The molecule has 1 aromatic heterocycles. The molecule has 0 radical (unpaired) electrons. The van der Waals surface area contributed by atoms with E-state index in [0.717, 1.165) is 28.4 Å². The van der Waals surface area contributed by atoms with Gasteiger partial charge in [0.05, 0.1) is 18.5 Å². The molecule has 25 heavy (non-hydrogen) atoms. The second-order valence-corrected chi connectivity index (χ2v) is 5.81. The minimum absolute atomic E-state index is 0.145. The van der Waals surface area contributed by atoms with Crippen molar-refractivity contribution >= 4 is 23.0 Å². The predicted octanol–water partition coefficient (Wildman–Crippen LogP) is 4.34. The van der Waals surface area contributed by atoms with Crippen LogP contribution in [0.25, 0.3) is 0 Å². The largest absolute Gasteiger partial charge is 0.497 e. The summed E-state index contributed by atoms with van der Waals surface area (Å²) in [5.74, 6) is 0.668. The number of nitrogens with zero attached hydrogens (tertiary/aromatic N) is 1. The molecular formula is C20H21N3O2. The molecule has 0 fully saturated rings. The van der Waals surface area contributed by atoms with Crippen LogP contribution in [0.2, 0.25) is 0 Å². The van der Waals surface area contributed by atoms with E-state index in [4.69, 9.17) is 4.74 Å². The summed E-state index contributed by atoms with van der Waals surface area (Å²) in [4.78, 5) is 12.5. The molecule has 0 saturated carbocycles. The lowest BCUT2D eigenvalue weighted by Gasteiger charge is -2.15. The van der Waals surface area contributed by atoms with E-state index in [-0.39, 0.29) is 5.91 Å². The molecule has 1 heterocycles. The maximum absolute atomic E-state index is 12.5. The van der Waals surface area contributed by atoms with Gasteiger partial charge in [0, 0.05) is 18.9 Å². The SMILES string of the molecule is COc1ccc(Nc2ccccc2NC(=O)c2cccn2C)c(C)c1. The summed E-state index contributed by atoms with van der Waals surface area (Å²) in [6, 6.07) is 17.1. The number of methoxy groups -OCH3 is 1. The molecule has 1 amide bonds. The third kappa shape index (κ3) is 3.66. The van der Waals surface area contributed by atoms with E-state index >= 15 is 0 Å². The zero-order chi connectivity index (χ0) is 17.8. The van der Waals surface area contributed by atoms with E-state index in [1.807, 2.05) is 68.7 Å². The van der Waals surface area contributed by atoms with Crippen LogP contribution in [0.4, 0.5) is 17.1 Å². The summed E-state index contributed by atoms with van der Waals surface area (Å²) in [6.07, 6.45) is 1.85. The van der Waals surface area contributed by atoms with Crippen molar-refractivity contribution in [1.29, 1.82) is 0 Å². The summed E-state index contributed by atoms with van der Waals surface area (Å²) in [7, 11) is 3.50. The molecule has 0 bridgehead atoms. The average molecular weight is 335 g/mol. The Hall–Kier alpha value is -3.21. The van der Waals surface area contributed by atoms with Crippen LogP contribution < -0.4 is 15.4 Å². The highest BCUT2D eigenvalue weighted by Crippen LogP contribution is 2.29. The van der Waals surface area contributed by atoms with Crippen LogP contribution in [0.5, 0.6) is 5.75 Å². The molecule has 128 valence electrons. The van der Waals surface area contributed by atoms with Gasteiger partial charge in [-0.2, -0.15) is 0 Å². The number of nitrogens with one attached hydrogen (secondary N) is 2. The molecular weight excluding hydrogens is 314 g/mol. The Kier molecular flexibility index (Phi) is 4.75. The van der Waals surface area contributed by atoms with E-state index in [1.54, 1.807) is 17.7 Å². The molecule has 3 aromatic rings. The van der Waals surface area contributed by atoms with Crippen LogP contribution in [0, 0.1) is 6.92 Å². The third-order valence-electron chi connectivity index (χ3n) is 4.05. The standard InChI is InChI=1S/C20H21N3O2/c1-14-13-15(25-3)10-11-16(14)21-17-7-4-5-8-18(17)22-20(24)19-9-6-12-23(19)2/h4-13,21H,1-3H3,(H,22,24). The molecule has 5 heteroatoms. The molecule has 0 unspecified atom stereocenters. The molecule has 0 aliphatic rings. The van der Waals surface area contributed by atoms with Crippen molar-refractivity contribution in [3.05, 3.63) is 72.1 Å². The van der Waals surface area contributed by atoms with E-state index < -0.39 is 0 Å². The van der Waals surface area contributed by atoms with Gasteiger partial charge in [0.1, 0.15) is 11.4 Å². The van der Waals surface area contributed by atoms with Gasteiger partial charge in [0.25, 0.3) is 5.91 Å². The lowest BCUT2D eigenvalue weighted by Crippen LogP contribution is -2.16. The number of aryl methyl sites for hydroxylation is 2. The van der Waals surface area contributed by atoms with Gasteiger partial charge in [-0.3, -0.25) is 4.79 Å². The van der Waals surface area contributed by atoms with Crippen LogP contribution in [0.15, 0.2) is 60.8 Å². The second kappa shape index (κ2) is 7.13. The van der Waals surface area contributed by atoms with Crippen molar-refractivity contribution in [2.24, 2.45) is 7.05 Å². The number of para-hydroxylation sites is 2. The fourth-order valence-electron chi connectivity index (χ4n) is 2.63. The Morgan fingerprint density at radius 2 is 1.76 bits per heavy atom. The Morgan fingerprint density at radius 1 is 1.00 bits per heavy atom. The predicted molar refractivity (Wildman–Crippen MR) is 101 cm³/mol. The first-order valence-corrected chi connectivity index (χ1v) is 8.02. The van der Waals surface area contributed by atoms with Gasteiger partial charge in [-0.25, -0.2) is 0 Å². The molecule has 0 atom stereocenters. The van der Waals surface area contributed by atoms with Crippen LogP contribution in [-0.4, -0.2) is 17.6 Å². The maximum Gasteiger partial charge on any atom is 0.272 e. The number of benzene rings is 2. The first-order chi connectivity index (χ1) is 12.1. The number of aromatic nitrogens is 1. The minimum atomic E-state index is -0.145. The first kappa shape index (κ1) is 16.6. The van der Waals surface area contributed by atoms with Crippen molar-refractivity contribution in [1.82, 2.24) is 4.57 Å². The first-order valence-electron chi connectivity index (χ1n) is 8.02. The number of hydrogen-bond acceptors (Lipinski definition) is 3. The summed E-state index contributed by atoms with van der Waals surface area (Å²) in [5.41, 5.74) is 4.18. The maximum atomic E-state index is 12.5. The van der Waals surface area contributed by atoms with Crippen LogP contribution in [0.1, 0.15) is 16.1 Å². The number of ether oxygens (including phenoxy) is 1. The highest BCUT2D eigenvalue weighted by atomic mass is 16.5. The summed E-state index contributed by atoms with van der Waals surface area (Å²) in [6.45, 7) is 2.01. The number of carbonyl (C=O) groups excluding carboxylic acids is 1. The third-order valence-corrected chi connectivity index (χ3v) is 4.05. The fourth-order valence-corrected chi connectivity index (χ4v) is 2.63. The van der Waals surface area contributed by atoms with Crippen molar-refractivity contribution in [3.8, 4) is 5.75 Å². The quantitative estimate of drug-likeness (QED) is 0.729. The lowest BCUT2D eigenvalue weighted by atomic mass is 10.1. The van der Waals surface area contributed by atoms with Gasteiger partial charge in [-0.15, -0.1) is 0 Å². The Labute approximate surface area is 147 Å². The van der Waals surface area contributed by atoms with Crippen molar-refractivity contribution in [3.63, 3.8) is 0 Å². The highest BCUT2D eigenvalue weighted by molar-refractivity contribution is 6.05. The monoisotopic (exact) mass is 335 g/mol. The van der Waals surface area contributed by atoms with Crippen LogP contribution in [-0.2, 0) is 7.05 Å². The van der Waals surface area contributed by atoms with E-state index in [2.05, 4.69) is 10.6 Å². The lowest BCUT2D eigenvalue weighted by molar-refractivity contribution is 0.101. The molecule has 3 rings (SSSR count). The fraction of sp³-hybridized carbons (Fsp3) is 0.150. The summed E-state index contributed by atoms with van der Waals surface area (Å²) in [5, 5.41) is 6.35. The number of anilines is 3. The Morgan fingerprint density at radius 3 is 2.40 bits per heavy atom. The van der Waals surface area contributed by atoms with Crippen LogP contribution >= 0.6 is 0 Å². The summed E-state index contributed by atoms with van der Waals surface area (Å²) >= 11 is 0. The smallest absolute Gasteiger partial charge is 0.272 e.